The van der Waals surface area contributed by atoms with Gasteiger partial charge in [0.25, 0.3) is 0 Å². The number of hydrogen-bond acceptors (Lipinski definition) is 4. The van der Waals surface area contributed by atoms with E-state index in [0.717, 1.165) is 4.88 Å². The molecule has 0 bridgehead atoms. The van der Waals surface area contributed by atoms with Gasteiger partial charge in [-0.05, 0) is 18.4 Å². The summed E-state index contributed by atoms with van der Waals surface area (Å²) in [5.74, 6) is -1.46. The maximum absolute atomic E-state index is 11.5. The van der Waals surface area contributed by atoms with Crippen molar-refractivity contribution in [2.24, 2.45) is 0 Å². The average Bonchev–Trinajstić information content (AvgIpc) is 2.51. The van der Waals surface area contributed by atoms with Gasteiger partial charge in [-0.25, -0.2) is 0 Å². The predicted octanol–water partition coefficient (Wildman–Crippen LogP) is 1.79. The summed E-state index contributed by atoms with van der Waals surface area (Å²) in [5, 5.41) is 1.79. The van der Waals surface area contributed by atoms with Crippen LogP contribution in [-0.4, -0.2) is 17.3 Å². The van der Waals surface area contributed by atoms with Gasteiger partial charge in [-0.2, -0.15) is 0 Å². The van der Waals surface area contributed by atoms with E-state index in [1.807, 2.05) is 6.92 Å². The van der Waals surface area contributed by atoms with Gasteiger partial charge in [0.2, 0.25) is 5.78 Å². The zero-order chi connectivity index (χ0) is 10.7. The molecular formula is C10H10O3S. The van der Waals surface area contributed by atoms with Crippen LogP contribution in [0.1, 0.15) is 28.6 Å². The lowest BCUT2D eigenvalue weighted by molar-refractivity contribution is -0.134. The molecule has 0 spiro atoms. The van der Waals surface area contributed by atoms with Crippen molar-refractivity contribution in [2.45, 2.75) is 20.3 Å². The SMILES string of the molecule is CC(=O)C(=O)CC(=O)c1ccsc1C. The largest absolute Gasteiger partial charge is 0.294 e. The third kappa shape index (κ3) is 2.35. The first-order valence-corrected chi connectivity index (χ1v) is 5.01. The summed E-state index contributed by atoms with van der Waals surface area (Å²) in [6, 6.07) is 1.68. The van der Waals surface area contributed by atoms with Crippen LogP contribution >= 0.6 is 11.3 Å². The Labute approximate surface area is 85.7 Å². The zero-order valence-corrected chi connectivity index (χ0v) is 8.81. The highest BCUT2D eigenvalue weighted by molar-refractivity contribution is 7.10. The Morgan fingerprint density at radius 2 is 2.00 bits per heavy atom. The maximum atomic E-state index is 11.5. The van der Waals surface area contributed by atoms with Crippen molar-refractivity contribution in [3.05, 3.63) is 21.9 Å². The molecule has 0 aliphatic heterocycles. The van der Waals surface area contributed by atoms with Crippen LogP contribution in [0.4, 0.5) is 0 Å². The molecule has 0 aliphatic rings. The molecule has 0 fully saturated rings. The average molecular weight is 210 g/mol. The molecule has 0 atom stereocenters. The van der Waals surface area contributed by atoms with E-state index in [0.29, 0.717) is 5.56 Å². The van der Waals surface area contributed by atoms with Gasteiger partial charge in [-0.15, -0.1) is 11.3 Å². The van der Waals surface area contributed by atoms with Gasteiger partial charge in [0.05, 0.1) is 6.42 Å². The maximum Gasteiger partial charge on any atom is 0.205 e. The molecule has 1 aromatic heterocycles. The minimum Gasteiger partial charge on any atom is -0.294 e. The molecule has 1 aromatic rings. The lowest BCUT2D eigenvalue weighted by Gasteiger charge is -1.96. The van der Waals surface area contributed by atoms with Crippen LogP contribution < -0.4 is 0 Å². The third-order valence-electron chi connectivity index (χ3n) is 1.87. The molecule has 0 radical (unpaired) electrons. The van der Waals surface area contributed by atoms with E-state index in [2.05, 4.69) is 0 Å². The molecule has 0 aliphatic carbocycles. The monoisotopic (exact) mass is 210 g/mol. The van der Waals surface area contributed by atoms with E-state index < -0.39 is 11.6 Å². The first-order valence-electron chi connectivity index (χ1n) is 4.13. The number of thiophene rings is 1. The normalized spacial score (nSPS) is 9.86. The Balaban J connectivity index is 2.74. The van der Waals surface area contributed by atoms with Crippen LogP contribution in [0.2, 0.25) is 0 Å². The number of rotatable bonds is 4. The fraction of sp³-hybridized carbons (Fsp3) is 0.300. The third-order valence-corrected chi connectivity index (χ3v) is 2.72. The first kappa shape index (κ1) is 10.8. The Morgan fingerprint density at radius 1 is 1.36 bits per heavy atom. The summed E-state index contributed by atoms with van der Waals surface area (Å²) in [7, 11) is 0. The molecule has 4 heteroatoms. The molecule has 14 heavy (non-hydrogen) atoms. The van der Waals surface area contributed by atoms with Gasteiger partial charge < -0.3 is 0 Å². The van der Waals surface area contributed by atoms with E-state index in [4.69, 9.17) is 0 Å². The van der Waals surface area contributed by atoms with Crippen molar-refractivity contribution in [1.82, 2.24) is 0 Å². The highest BCUT2D eigenvalue weighted by Gasteiger charge is 2.17. The van der Waals surface area contributed by atoms with Crippen LogP contribution in [-0.2, 0) is 9.59 Å². The van der Waals surface area contributed by atoms with Crippen LogP contribution in [0.5, 0.6) is 0 Å². The van der Waals surface area contributed by atoms with Gasteiger partial charge in [0.15, 0.2) is 11.6 Å². The number of ketones is 3. The minimum atomic E-state index is -0.624. The minimum absolute atomic E-state index is 0.274. The summed E-state index contributed by atoms with van der Waals surface area (Å²) in [6.07, 6.45) is -0.313. The van der Waals surface area contributed by atoms with Crippen LogP contribution in [0.3, 0.4) is 0 Å². The molecule has 0 amide bonds. The van der Waals surface area contributed by atoms with Crippen molar-refractivity contribution < 1.29 is 14.4 Å². The standard InChI is InChI=1S/C10H10O3S/c1-6(11)9(12)5-10(13)8-3-4-14-7(8)2/h3-4H,5H2,1-2H3. The Bertz CT molecular complexity index is 390. The molecular weight excluding hydrogens is 200 g/mol. The fourth-order valence-electron chi connectivity index (χ4n) is 1.04. The van der Waals surface area contributed by atoms with E-state index in [9.17, 15) is 14.4 Å². The van der Waals surface area contributed by atoms with Crippen LogP contribution in [0.25, 0.3) is 0 Å². The molecule has 3 nitrogen and oxygen atoms in total. The summed E-state index contributed by atoms with van der Waals surface area (Å²) in [6.45, 7) is 2.99. The molecule has 74 valence electrons. The summed E-state index contributed by atoms with van der Waals surface area (Å²) < 4.78 is 0. The lowest BCUT2D eigenvalue weighted by Crippen LogP contribution is -2.15. The highest BCUT2D eigenvalue weighted by atomic mass is 32.1. The number of hydrogen-bond donors (Lipinski definition) is 0. The van der Waals surface area contributed by atoms with E-state index in [-0.39, 0.29) is 12.2 Å². The fourth-order valence-corrected chi connectivity index (χ4v) is 1.76. The Kier molecular flexibility index (Phi) is 3.30. The van der Waals surface area contributed by atoms with Gasteiger partial charge >= 0.3 is 0 Å². The van der Waals surface area contributed by atoms with Crippen molar-refractivity contribution in [3.8, 4) is 0 Å². The van der Waals surface area contributed by atoms with Gasteiger partial charge in [-0.1, -0.05) is 0 Å². The quantitative estimate of drug-likeness (QED) is 0.432. The molecule has 0 unspecified atom stereocenters. The molecule has 1 rings (SSSR count). The lowest BCUT2D eigenvalue weighted by atomic mass is 10.1. The van der Waals surface area contributed by atoms with Crippen molar-refractivity contribution in [1.29, 1.82) is 0 Å². The van der Waals surface area contributed by atoms with E-state index >= 15 is 0 Å². The van der Waals surface area contributed by atoms with Gasteiger partial charge in [0.1, 0.15) is 0 Å². The second-order valence-corrected chi connectivity index (χ2v) is 4.09. The number of aryl methyl sites for hydroxylation is 1. The summed E-state index contributed by atoms with van der Waals surface area (Å²) in [5.41, 5.74) is 0.546. The van der Waals surface area contributed by atoms with Crippen molar-refractivity contribution in [3.63, 3.8) is 0 Å². The van der Waals surface area contributed by atoms with Gasteiger partial charge in [-0.3, -0.25) is 14.4 Å². The number of Topliss-reactive ketones (excluding diaryl/α,β-unsaturated/α-hetero) is 3. The first-order chi connectivity index (χ1) is 6.52. The van der Waals surface area contributed by atoms with Gasteiger partial charge in [0, 0.05) is 17.4 Å². The molecule has 0 aromatic carbocycles. The highest BCUT2D eigenvalue weighted by Crippen LogP contribution is 2.16. The van der Waals surface area contributed by atoms with Crippen LogP contribution in [0, 0.1) is 6.92 Å². The smallest absolute Gasteiger partial charge is 0.205 e. The van der Waals surface area contributed by atoms with Crippen molar-refractivity contribution in [2.75, 3.05) is 0 Å². The van der Waals surface area contributed by atoms with E-state index in [1.165, 1.54) is 18.3 Å². The van der Waals surface area contributed by atoms with Crippen molar-refractivity contribution >= 4 is 28.7 Å². The summed E-state index contributed by atoms with van der Waals surface area (Å²) in [4.78, 5) is 34.0. The molecule has 0 saturated carbocycles. The molecule has 0 saturated heterocycles. The second kappa shape index (κ2) is 4.28. The Morgan fingerprint density at radius 3 is 2.43 bits per heavy atom. The number of carbonyl (C=O) groups is 3. The number of carbonyl (C=O) groups excluding carboxylic acids is 3. The Hall–Kier alpha value is -1.29. The molecule has 1 heterocycles. The molecule has 0 N–H and O–H groups in total. The second-order valence-electron chi connectivity index (χ2n) is 2.97. The van der Waals surface area contributed by atoms with E-state index in [1.54, 1.807) is 11.4 Å². The zero-order valence-electron chi connectivity index (χ0n) is 7.99. The summed E-state index contributed by atoms with van der Waals surface area (Å²) >= 11 is 1.45. The van der Waals surface area contributed by atoms with Crippen LogP contribution in [0.15, 0.2) is 11.4 Å². The predicted molar refractivity (Wildman–Crippen MR) is 53.7 cm³/mol. The topological polar surface area (TPSA) is 51.2 Å².